The summed E-state index contributed by atoms with van der Waals surface area (Å²) in [5, 5.41) is 3.37. The van der Waals surface area contributed by atoms with Gasteiger partial charge in [-0.1, -0.05) is 11.6 Å². The number of likely N-dealkylation sites (N-methyl/N-ethyl adjacent to an activating group) is 1. The molecule has 0 radical (unpaired) electrons. The zero-order valence-electron chi connectivity index (χ0n) is 14.3. The number of nitrogens with zero attached hydrogens (tertiary/aromatic N) is 4. The lowest BCUT2D eigenvalue weighted by molar-refractivity contribution is 0.102. The Bertz CT molecular complexity index is 853. The van der Waals surface area contributed by atoms with Crippen LogP contribution in [0.15, 0.2) is 61.2 Å². The quantitative estimate of drug-likeness (QED) is 0.722. The minimum Gasteiger partial charge on any atom is -0.358 e. The standard InChI is InChI=1S/C19H18ClN5O/c1-25(11-8-14-6-9-21-10-7-14)18-13-22-17(12-23-18)19(26)24-16-4-2-15(20)3-5-16/h2-7,9-10,12-13H,8,11H2,1H3,(H,24,26). The Balaban J connectivity index is 1.58. The van der Waals surface area contributed by atoms with Crippen LogP contribution in [0.1, 0.15) is 16.1 Å². The number of amides is 1. The number of aromatic nitrogens is 3. The lowest BCUT2D eigenvalue weighted by Crippen LogP contribution is -2.22. The molecule has 7 heteroatoms. The molecule has 0 bridgehead atoms. The van der Waals surface area contributed by atoms with Gasteiger partial charge in [-0.2, -0.15) is 0 Å². The fourth-order valence-corrected chi connectivity index (χ4v) is 2.45. The van der Waals surface area contributed by atoms with E-state index in [9.17, 15) is 4.79 Å². The van der Waals surface area contributed by atoms with Crippen molar-refractivity contribution in [2.45, 2.75) is 6.42 Å². The number of hydrogen-bond acceptors (Lipinski definition) is 5. The van der Waals surface area contributed by atoms with Crippen LogP contribution in [0.5, 0.6) is 0 Å². The summed E-state index contributed by atoms with van der Waals surface area (Å²) in [5.41, 5.74) is 2.12. The maximum atomic E-state index is 12.2. The van der Waals surface area contributed by atoms with Crippen molar-refractivity contribution in [3.63, 3.8) is 0 Å². The van der Waals surface area contributed by atoms with Crippen molar-refractivity contribution in [3.8, 4) is 0 Å². The van der Waals surface area contributed by atoms with Crippen molar-refractivity contribution in [2.24, 2.45) is 0 Å². The molecule has 3 aromatic rings. The van der Waals surface area contributed by atoms with Gasteiger partial charge >= 0.3 is 0 Å². The number of pyridine rings is 1. The lowest BCUT2D eigenvalue weighted by atomic mass is 10.2. The van der Waals surface area contributed by atoms with Gasteiger partial charge in [0, 0.05) is 36.7 Å². The van der Waals surface area contributed by atoms with Crippen LogP contribution in [-0.2, 0) is 6.42 Å². The van der Waals surface area contributed by atoms with E-state index in [0.29, 0.717) is 16.5 Å². The number of hydrogen-bond donors (Lipinski definition) is 1. The van der Waals surface area contributed by atoms with E-state index in [-0.39, 0.29) is 11.6 Å². The van der Waals surface area contributed by atoms with E-state index in [0.717, 1.165) is 13.0 Å². The van der Waals surface area contributed by atoms with Crippen molar-refractivity contribution in [1.82, 2.24) is 15.0 Å². The normalized spacial score (nSPS) is 10.4. The summed E-state index contributed by atoms with van der Waals surface area (Å²) in [5.74, 6) is 0.396. The molecular weight excluding hydrogens is 350 g/mol. The number of nitrogens with one attached hydrogen (secondary N) is 1. The zero-order valence-corrected chi connectivity index (χ0v) is 15.0. The molecule has 1 amide bonds. The van der Waals surface area contributed by atoms with Gasteiger partial charge in [-0.25, -0.2) is 9.97 Å². The highest BCUT2D eigenvalue weighted by atomic mass is 35.5. The van der Waals surface area contributed by atoms with Gasteiger partial charge in [0.2, 0.25) is 0 Å². The van der Waals surface area contributed by atoms with Crippen LogP contribution >= 0.6 is 11.6 Å². The van der Waals surface area contributed by atoms with Crippen LogP contribution in [-0.4, -0.2) is 34.5 Å². The lowest BCUT2D eigenvalue weighted by Gasteiger charge is -2.17. The van der Waals surface area contributed by atoms with Gasteiger partial charge in [0.05, 0.1) is 12.4 Å². The topological polar surface area (TPSA) is 71.0 Å². The van der Waals surface area contributed by atoms with Crippen LogP contribution in [0.25, 0.3) is 0 Å². The van der Waals surface area contributed by atoms with Gasteiger partial charge in [-0.15, -0.1) is 0 Å². The molecule has 1 N–H and O–H groups in total. The van der Waals surface area contributed by atoms with E-state index in [1.807, 2.05) is 24.1 Å². The molecule has 0 aliphatic rings. The van der Waals surface area contributed by atoms with Crippen LogP contribution in [0.4, 0.5) is 11.5 Å². The molecule has 0 saturated carbocycles. The molecule has 0 unspecified atom stereocenters. The van der Waals surface area contributed by atoms with Crippen molar-refractivity contribution >= 4 is 29.0 Å². The molecule has 0 saturated heterocycles. The second kappa shape index (κ2) is 8.40. The highest BCUT2D eigenvalue weighted by Gasteiger charge is 2.10. The fourth-order valence-electron chi connectivity index (χ4n) is 2.32. The highest BCUT2D eigenvalue weighted by molar-refractivity contribution is 6.30. The minimum atomic E-state index is -0.314. The molecule has 0 aliphatic carbocycles. The summed E-state index contributed by atoms with van der Waals surface area (Å²) in [6.07, 6.45) is 7.51. The van der Waals surface area contributed by atoms with E-state index < -0.39 is 0 Å². The minimum absolute atomic E-state index is 0.256. The molecule has 0 spiro atoms. The average molecular weight is 368 g/mol. The first-order valence-electron chi connectivity index (χ1n) is 8.11. The second-order valence-electron chi connectivity index (χ2n) is 5.75. The van der Waals surface area contributed by atoms with Crippen LogP contribution < -0.4 is 10.2 Å². The third kappa shape index (κ3) is 4.77. The first kappa shape index (κ1) is 17.8. The third-order valence-corrected chi connectivity index (χ3v) is 4.10. The summed E-state index contributed by atoms with van der Waals surface area (Å²) < 4.78 is 0. The van der Waals surface area contributed by atoms with Crippen molar-refractivity contribution < 1.29 is 4.79 Å². The number of halogens is 1. The molecular formula is C19H18ClN5O. The predicted octanol–water partition coefficient (Wildman–Crippen LogP) is 3.46. The summed E-state index contributed by atoms with van der Waals surface area (Å²) in [6.45, 7) is 0.787. The van der Waals surface area contributed by atoms with Gasteiger partial charge in [0.1, 0.15) is 11.5 Å². The largest absolute Gasteiger partial charge is 0.358 e. The molecule has 0 aliphatic heterocycles. The van der Waals surface area contributed by atoms with E-state index >= 15 is 0 Å². The van der Waals surface area contributed by atoms with Crippen molar-refractivity contribution in [2.75, 3.05) is 23.8 Å². The Hall–Kier alpha value is -2.99. The summed E-state index contributed by atoms with van der Waals surface area (Å²) in [7, 11) is 1.94. The van der Waals surface area contributed by atoms with Gasteiger partial charge < -0.3 is 10.2 Å². The predicted molar refractivity (Wildman–Crippen MR) is 103 cm³/mol. The van der Waals surface area contributed by atoms with Crippen LogP contribution in [0, 0.1) is 0 Å². The summed E-state index contributed by atoms with van der Waals surface area (Å²) in [6, 6.07) is 10.9. The van der Waals surface area contributed by atoms with Crippen molar-refractivity contribution in [1.29, 1.82) is 0 Å². The van der Waals surface area contributed by atoms with E-state index in [1.165, 1.54) is 11.8 Å². The highest BCUT2D eigenvalue weighted by Crippen LogP contribution is 2.14. The third-order valence-electron chi connectivity index (χ3n) is 3.85. The first-order valence-corrected chi connectivity index (χ1v) is 8.48. The van der Waals surface area contributed by atoms with E-state index in [4.69, 9.17) is 11.6 Å². The maximum Gasteiger partial charge on any atom is 0.275 e. The number of anilines is 2. The maximum absolute atomic E-state index is 12.2. The first-order chi connectivity index (χ1) is 12.6. The molecule has 26 heavy (non-hydrogen) atoms. The van der Waals surface area contributed by atoms with E-state index in [2.05, 4.69) is 20.3 Å². The number of carbonyl (C=O) groups is 1. The zero-order chi connectivity index (χ0) is 18.4. The van der Waals surface area contributed by atoms with E-state index in [1.54, 1.807) is 42.9 Å². The monoisotopic (exact) mass is 367 g/mol. The van der Waals surface area contributed by atoms with Gasteiger partial charge in [-0.05, 0) is 48.4 Å². The fraction of sp³-hybridized carbons (Fsp3) is 0.158. The summed E-state index contributed by atoms with van der Waals surface area (Å²) >= 11 is 5.83. The average Bonchev–Trinajstić information content (AvgIpc) is 2.69. The Morgan fingerprint density at radius 1 is 1.08 bits per heavy atom. The SMILES string of the molecule is CN(CCc1ccncc1)c1cnc(C(=O)Nc2ccc(Cl)cc2)cn1. The van der Waals surface area contributed by atoms with Gasteiger partial charge in [-0.3, -0.25) is 9.78 Å². The Morgan fingerprint density at radius 2 is 1.81 bits per heavy atom. The van der Waals surface area contributed by atoms with Gasteiger partial charge in [0.15, 0.2) is 0 Å². The molecule has 0 fully saturated rings. The summed E-state index contributed by atoms with van der Waals surface area (Å²) in [4.78, 5) is 26.8. The number of rotatable bonds is 6. The Kier molecular flexibility index (Phi) is 5.76. The molecule has 1 aromatic carbocycles. The molecule has 2 aromatic heterocycles. The molecule has 132 valence electrons. The Labute approximate surface area is 156 Å². The van der Waals surface area contributed by atoms with Gasteiger partial charge in [0.25, 0.3) is 5.91 Å². The van der Waals surface area contributed by atoms with Crippen LogP contribution in [0.3, 0.4) is 0 Å². The van der Waals surface area contributed by atoms with Crippen molar-refractivity contribution in [3.05, 3.63) is 77.5 Å². The molecule has 6 nitrogen and oxygen atoms in total. The molecule has 3 rings (SSSR count). The second-order valence-corrected chi connectivity index (χ2v) is 6.18. The number of carbonyl (C=O) groups excluding carboxylic acids is 1. The van der Waals surface area contributed by atoms with Crippen LogP contribution in [0.2, 0.25) is 5.02 Å². The smallest absolute Gasteiger partial charge is 0.275 e. The Morgan fingerprint density at radius 3 is 2.46 bits per heavy atom. The molecule has 2 heterocycles. The number of benzene rings is 1. The molecule has 0 atom stereocenters.